The molecule has 0 amide bonds. The third kappa shape index (κ3) is 43.4. The number of unbranched alkanes of at least 4 members (excludes halogenated alkanes) is 28. The summed E-state index contributed by atoms with van der Waals surface area (Å²) in [5.74, 6) is 0.797. The molecule has 0 radical (unpaired) electrons. The van der Waals surface area contributed by atoms with Crippen molar-refractivity contribution in [2.45, 2.75) is 272 Å². The lowest BCUT2D eigenvalue weighted by atomic mass is 10.0. The number of ether oxygens (including phenoxy) is 3. The largest absolute Gasteiger partial charge is 0.462 e. The second-order valence-electron chi connectivity index (χ2n) is 17.7. The van der Waals surface area contributed by atoms with Gasteiger partial charge in [0.2, 0.25) is 0 Å². The molecule has 0 saturated heterocycles. The molecule has 1 atom stereocenters. The minimum Gasteiger partial charge on any atom is -0.462 e. The summed E-state index contributed by atoms with van der Waals surface area (Å²) in [5, 5.41) is 0. The molecule has 0 aromatic rings. The van der Waals surface area contributed by atoms with Gasteiger partial charge in [0, 0.05) is 19.3 Å². The van der Waals surface area contributed by atoms with Gasteiger partial charge in [-0.25, -0.2) is 0 Å². The lowest BCUT2D eigenvalue weighted by molar-refractivity contribution is -0.167. The van der Waals surface area contributed by atoms with Crippen molar-refractivity contribution in [3.05, 3.63) is 0 Å². The van der Waals surface area contributed by atoms with Crippen molar-refractivity contribution in [3.8, 4) is 0 Å². The third-order valence-electron chi connectivity index (χ3n) is 11.0. The van der Waals surface area contributed by atoms with Crippen LogP contribution in [0, 0.1) is 11.8 Å². The van der Waals surface area contributed by atoms with Gasteiger partial charge < -0.3 is 14.2 Å². The van der Waals surface area contributed by atoms with Gasteiger partial charge in [0.1, 0.15) is 13.2 Å². The van der Waals surface area contributed by atoms with Crippen molar-refractivity contribution < 1.29 is 28.6 Å². The van der Waals surface area contributed by atoms with Crippen molar-refractivity contribution in [3.63, 3.8) is 0 Å². The van der Waals surface area contributed by atoms with E-state index in [4.69, 9.17) is 14.2 Å². The summed E-state index contributed by atoms with van der Waals surface area (Å²) in [7, 11) is 0. The average molecular weight is 779 g/mol. The first-order valence-electron chi connectivity index (χ1n) is 24.2. The van der Waals surface area contributed by atoms with Crippen molar-refractivity contribution in [2.24, 2.45) is 11.8 Å². The van der Waals surface area contributed by atoms with E-state index >= 15 is 0 Å². The normalized spacial score (nSPS) is 12.1. The Bertz CT molecular complexity index is 839. The number of esters is 3. The first-order valence-corrected chi connectivity index (χ1v) is 24.2. The second kappa shape index (κ2) is 42.0. The lowest BCUT2D eigenvalue weighted by Gasteiger charge is -2.18. The van der Waals surface area contributed by atoms with Crippen LogP contribution >= 0.6 is 0 Å². The van der Waals surface area contributed by atoms with Crippen molar-refractivity contribution in [1.82, 2.24) is 0 Å². The third-order valence-corrected chi connectivity index (χ3v) is 11.0. The van der Waals surface area contributed by atoms with Crippen LogP contribution in [0.3, 0.4) is 0 Å². The Morgan fingerprint density at radius 3 is 0.891 bits per heavy atom. The van der Waals surface area contributed by atoms with E-state index in [0.29, 0.717) is 19.3 Å². The molecule has 0 aromatic heterocycles. The van der Waals surface area contributed by atoms with E-state index in [-0.39, 0.29) is 31.1 Å². The fourth-order valence-electron chi connectivity index (χ4n) is 7.28. The van der Waals surface area contributed by atoms with Gasteiger partial charge in [-0.1, -0.05) is 227 Å². The molecule has 0 aliphatic heterocycles. The zero-order valence-corrected chi connectivity index (χ0v) is 37.6. The van der Waals surface area contributed by atoms with Crippen LogP contribution in [0.25, 0.3) is 0 Å². The highest BCUT2D eigenvalue weighted by Gasteiger charge is 2.19. The maximum atomic E-state index is 12.7. The van der Waals surface area contributed by atoms with Gasteiger partial charge in [-0.2, -0.15) is 0 Å². The van der Waals surface area contributed by atoms with Gasteiger partial charge >= 0.3 is 17.9 Å². The van der Waals surface area contributed by atoms with Crippen molar-refractivity contribution in [2.75, 3.05) is 13.2 Å². The van der Waals surface area contributed by atoms with Gasteiger partial charge in [-0.3, -0.25) is 14.4 Å². The molecule has 0 aromatic carbocycles. The molecule has 0 aliphatic rings. The number of rotatable bonds is 43. The topological polar surface area (TPSA) is 78.9 Å². The van der Waals surface area contributed by atoms with E-state index in [1.807, 2.05) is 0 Å². The quantitative estimate of drug-likeness (QED) is 0.0348. The zero-order chi connectivity index (χ0) is 40.5. The molecule has 0 N–H and O–H groups in total. The number of carbonyl (C=O) groups is 3. The Labute approximate surface area is 342 Å². The molecule has 6 nitrogen and oxygen atoms in total. The molecule has 0 unspecified atom stereocenters. The van der Waals surface area contributed by atoms with Crippen LogP contribution in [0.4, 0.5) is 0 Å². The number of hydrogen-bond donors (Lipinski definition) is 0. The van der Waals surface area contributed by atoms with Crippen molar-refractivity contribution >= 4 is 17.9 Å². The van der Waals surface area contributed by atoms with E-state index < -0.39 is 6.10 Å². The summed E-state index contributed by atoms with van der Waals surface area (Å²) in [4.78, 5) is 37.8. The van der Waals surface area contributed by atoms with E-state index in [1.165, 1.54) is 154 Å². The molecule has 0 heterocycles. The molecule has 0 bridgehead atoms. The van der Waals surface area contributed by atoms with Crippen LogP contribution in [0.1, 0.15) is 266 Å². The van der Waals surface area contributed by atoms with Gasteiger partial charge in [0.05, 0.1) is 0 Å². The van der Waals surface area contributed by atoms with E-state index in [2.05, 4.69) is 34.6 Å². The Balaban J connectivity index is 4.27. The average Bonchev–Trinajstić information content (AvgIpc) is 3.15. The van der Waals surface area contributed by atoms with Gasteiger partial charge in [-0.05, 0) is 31.1 Å². The van der Waals surface area contributed by atoms with Crippen LogP contribution in [-0.2, 0) is 28.6 Å². The maximum absolute atomic E-state index is 12.7. The fourth-order valence-corrected chi connectivity index (χ4v) is 7.28. The van der Waals surface area contributed by atoms with E-state index in [1.54, 1.807) is 0 Å². The van der Waals surface area contributed by atoms with Crippen molar-refractivity contribution in [1.29, 1.82) is 0 Å². The molecule has 326 valence electrons. The molecule has 6 heteroatoms. The molecule has 0 saturated carbocycles. The van der Waals surface area contributed by atoms with Gasteiger partial charge in [0.15, 0.2) is 6.10 Å². The summed E-state index contributed by atoms with van der Waals surface area (Å²) in [5.41, 5.74) is 0. The number of carbonyl (C=O) groups excluding carboxylic acids is 3. The summed E-state index contributed by atoms with van der Waals surface area (Å²) >= 11 is 0. The van der Waals surface area contributed by atoms with Gasteiger partial charge in [-0.15, -0.1) is 0 Å². The number of hydrogen-bond acceptors (Lipinski definition) is 6. The van der Waals surface area contributed by atoms with Crippen LogP contribution in [0.15, 0.2) is 0 Å². The highest BCUT2D eigenvalue weighted by molar-refractivity contribution is 5.71. The summed E-state index contributed by atoms with van der Waals surface area (Å²) in [6.07, 6.45) is 40.9. The molecule has 0 fully saturated rings. The maximum Gasteiger partial charge on any atom is 0.306 e. The Kier molecular flexibility index (Phi) is 40.8. The Hall–Kier alpha value is -1.59. The second-order valence-corrected chi connectivity index (χ2v) is 17.7. The van der Waals surface area contributed by atoms with E-state index in [0.717, 1.165) is 69.6 Å². The monoisotopic (exact) mass is 779 g/mol. The Morgan fingerprint density at radius 1 is 0.345 bits per heavy atom. The van der Waals surface area contributed by atoms with E-state index in [9.17, 15) is 14.4 Å². The SMILES string of the molecule is CCCCCCCCCCCC(=O)O[C@H](COC(=O)CCCCCCCCCCCCCCC(C)C)COC(=O)CCCCCCCCCCCCC(C)C. The fraction of sp³-hybridized carbons (Fsp3) is 0.939. The standard InChI is InChI=1S/C49H94O6/c1-6-7-8-9-10-17-26-31-36-41-49(52)55-46(43-54-48(51)40-35-30-25-21-16-15-19-23-28-33-38-45(4)5)42-53-47(50)39-34-29-24-20-14-12-11-13-18-22-27-32-37-44(2)3/h44-46H,6-43H2,1-5H3/t46-/m1/s1. The molecule has 0 aliphatic carbocycles. The first kappa shape index (κ1) is 53.4. The summed E-state index contributed by atoms with van der Waals surface area (Å²) in [6, 6.07) is 0. The van der Waals surface area contributed by atoms with Crippen LogP contribution in [-0.4, -0.2) is 37.2 Å². The minimum atomic E-state index is -0.760. The van der Waals surface area contributed by atoms with Crippen LogP contribution < -0.4 is 0 Å². The smallest absolute Gasteiger partial charge is 0.306 e. The predicted octanol–water partition coefficient (Wildman–Crippen LogP) is 15.4. The summed E-state index contributed by atoms with van der Waals surface area (Å²) in [6.45, 7) is 11.3. The lowest BCUT2D eigenvalue weighted by Crippen LogP contribution is -2.30. The highest BCUT2D eigenvalue weighted by Crippen LogP contribution is 2.17. The highest BCUT2D eigenvalue weighted by atomic mass is 16.6. The predicted molar refractivity (Wildman–Crippen MR) is 233 cm³/mol. The molecule has 0 rings (SSSR count). The molecule has 55 heavy (non-hydrogen) atoms. The molecular weight excluding hydrogens is 685 g/mol. The van der Waals surface area contributed by atoms with Crippen LogP contribution in [0.2, 0.25) is 0 Å². The minimum absolute atomic E-state index is 0.0644. The van der Waals surface area contributed by atoms with Gasteiger partial charge in [0.25, 0.3) is 0 Å². The summed E-state index contributed by atoms with van der Waals surface area (Å²) < 4.78 is 16.7. The zero-order valence-electron chi connectivity index (χ0n) is 37.6. The molecular formula is C49H94O6. The first-order chi connectivity index (χ1) is 26.7. The Morgan fingerprint density at radius 2 is 0.600 bits per heavy atom. The molecule has 0 spiro atoms. The van der Waals surface area contributed by atoms with Crippen LogP contribution in [0.5, 0.6) is 0 Å².